The molecule has 0 unspecified atom stereocenters. The minimum Gasteiger partial charge on any atom is -0.481 e. The van der Waals surface area contributed by atoms with Crippen LogP contribution in [0.4, 0.5) is 0 Å². The Balaban J connectivity index is 1.18. The number of nitrogens with one attached hydrogen (secondary N) is 3. The Morgan fingerprint density at radius 1 is 0.582 bits per heavy atom. The van der Waals surface area contributed by atoms with Gasteiger partial charge >= 0.3 is 17.9 Å². The van der Waals surface area contributed by atoms with E-state index >= 15 is 0 Å². The first-order valence-electron chi connectivity index (χ1n) is 19.6. The summed E-state index contributed by atoms with van der Waals surface area (Å²) in [6.07, 6.45) is 3.78. The van der Waals surface area contributed by atoms with Crippen LogP contribution >= 0.6 is 11.8 Å². The molecule has 0 bridgehead atoms. The van der Waals surface area contributed by atoms with Gasteiger partial charge in [0.15, 0.2) is 0 Å². The third kappa shape index (κ3) is 11.4. The maximum Gasteiger partial charge on any atom is 0.307 e. The summed E-state index contributed by atoms with van der Waals surface area (Å²) in [7, 11) is 0. The van der Waals surface area contributed by atoms with Crippen molar-refractivity contribution in [3.8, 4) is 0 Å². The molecule has 6 N–H and O–H groups in total. The first-order chi connectivity index (χ1) is 26.6. The van der Waals surface area contributed by atoms with E-state index in [2.05, 4.69) is 16.0 Å². The van der Waals surface area contributed by atoms with E-state index in [0.717, 1.165) is 71.6 Å². The van der Waals surface area contributed by atoms with Gasteiger partial charge in [-0.25, -0.2) is 0 Å². The Morgan fingerprint density at radius 2 is 0.964 bits per heavy atom. The van der Waals surface area contributed by atoms with Gasteiger partial charge in [0.25, 0.3) is 0 Å². The van der Waals surface area contributed by atoms with E-state index in [4.69, 9.17) is 0 Å². The highest BCUT2D eigenvalue weighted by molar-refractivity contribution is 8.00. The van der Waals surface area contributed by atoms with Crippen molar-refractivity contribution in [1.82, 2.24) is 20.9 Å². The van der Waals surface area contributed by atoms with Crippen molar-refractivity contribution in [3.63, 3.8) is 0 Å². The molecule has 6 atom stereocenters. The molecule has 3 aromatic carbocycles. The second-order valence-electron chi connectivity index (χ2n) is 15.5. The quantitative estimate of drug-likeness (QED) is 0.0946. The van der Waals surface area contributed by atoms with Crippen LogP contribution in [0.25, 0.3) is 0 Å². The normalized spacial score (nSPS) is 21.2. The van der Waals surface area contributed by atoms with Gasteiger partial charge in [-0.05, 0) is 135 Å². The summed E-state index contributed by atoms with van der Waals surface area (Å²) >= 11 is 1.42. The van der Waals surface area contributed by atoms with E-state index in [9.17, 15) is 34.5 Å². The molecular formula is C43H54N4O7S. The lowest BCUT2D eigenvalue weighted by Crippen LogP contribution is -2.32. The maximum atomic E-state index is 14.2. The number of hydrogen-bond donors (Lipinski definition) is 6. The molecule has 3 fully saturated rings. The van der Waals surface area contributed by atoms with Gasteiger partial charge in [0.2, 0.25) is 5.91 Å². The fourth-order valence-electron chi connectivity index (χ4n) is 8.57. The Morgan fingerprint density at radius 3 is 1.35 bits per heavy atom. The second-order valence-corrected chi connectivity index (χ2v) is 16.6. The van der Waals surface area contributed by atoms with Crippen molar-refractivity contribution in [2.75, 3.05) is 45.0 Å². The van der Waals surface area contributed by atoms with Crippen molar-refractivity contribution < 1.29 is 34.5 Å². The molecule has 0 saturated carbocycles. The molecule has 1 amide bonds. The Kier molecular flexibility index (Phi) is 14.4. The molecule has 12 heteroatoms. The first-order valence-corrected chi connectivity index (χ1v) is 20.6. The molecule has 0 radical (unpaired) electrons. The lowest BCUT2D eigenvalue weighted by atomic mass is 9.86. The Hall–Kier alpha value is -4.23. The van der Waals surface area contributed by atoms with Crippen LogP contribution in [-0.2, 0) is 51.5 Å². The number of rotatable bonds is 19. The average molecular weight is 771 g/mol. The summed E-state index contributed by atoms with van der Waals surface area (Å²) in [6.45, 7) is 5.22. The molecule has 3 aromatic rings. The SMILES string of the molecule is O=C(O)[C@@H](Cc1cccc(CN(Cc2cccc(C[C@H](C(=O)O)[C@H]3CCNC3)c2)C(=O)CSc2cccc(C[C@H](C(=O)O)[C@H]3CCNC3)c2)c1)[C@H]1CCNC1. The molecule has 0 aliphatic carbocycles. The van der Waals surface area contributed by atoms with Gasteiger partial charge in [-0.1, -0.05) is 60.7 Å². The van der Waals surface area contributed by atoms with Crippen molar-refractivity contribution in [3.05, 3.63) is 101 Å². The summed E-state index contributed by atoms with van der Waals surface area (Å²) in [5, 5.41) is 39.9. The third-order valence-electron chi connectivity index (χ3n) is 11.7. The predicted molar refractivity (Wildman–Crippen MR) is 212 cm³/mol. The highest BCUT2D eigenvalue weighted by Crippen LogP contribution is 2.29. The Bertz CT molecular complexity index is 1710. The fourth-order valence-corrected chi connectivity index (χ4v) is 9.45. The van der Waals surface area contributed by atoms with Crippen LogP contribution in [0.1, 0.15) is 47.1 Å². The summed E-state index contributed by atoms with van der Waals surface area (Å²) in [5.74, 6) is -3.50. The topological polar surface area (TPSA) is 168 Å². The molecule has 55 heavy (non-hydrogen) atoms. The lowest BCUT2D eigenvalue weighted by molar-refractivity contribution is -0.144. The zero-order chi connectivity index (χ0) is 38.7. The number of benzene rings is 3. The number of aliphatic carboxylic acids is 3. The van der Waals surface area contributed by atoms with Crippen LogP contribution in [0, 0.1) is 35.5 Å². The van der Waals surface area contributed by atoms with Gasteiger partial charge in [-0.3, -0.25) is 19.2 Å². The monoisotopic (exact) mass is 770 g/mol. The van der Waals surface area contributed by atoms with Crippen LogP contribution in [0.2, 0.25) is 0 Å². The van der Waals surface area contributed by atoms with Gasteiger partial charge in [0.1, 0.15) is 0 Å². The minimum absolute atomic E-state index is 0.0717. The largest absolute Gasteiger partial charge is 0.481 e. The smallest absolute Gasteiger partial charge is 0.307 e. The lowest BCUT2D eigenvalue weighted by Gasteiger charge is -2.25. The molecule has 0 spiro atoms. The van der Waals surface area contributed by atoms with Crippen LogP contribution < -0.4 is 16.0 Å². The summed E-state index contributed by atoms with van der Waals surface area (Å²) in [6, 6.07) is 23.5. The number of nitrogens with zero attached hydrogens (tertiary/aromatic N) is 1. The molecule has 3 aliphatic rings. The molecule has 3 saturated heterocycles. The highest BCUT2D eigenvalue weighted by Gasteiger charge is 2.33. The van der Waals surface area contributed by atoms with E-state index in [1.54, 1.807) is 0 Å². The summed E-state index contributed by atoms with van der Waals surface area (Å²) in [5.41, 5.74) is 4.59. The van der Waals surface area contributed by atoms with Crippen molar-refractivity contribution in [1.29, 1.82) is 0 Å². The van der Waals surface area contributed by atoms with Crippen LogP contribution in [0.15, 0.2) is 77.7 Å². The van der Waals surface area contributed by atoms with Gasteiger partial charge in [0, 0.05) is 18.0 Å². The zero-order valence-electron chi connectivity index (χ0n) is 31.3. The standard InChI is InChI=1S/C43H54N4O7S/c48-40(27-55-36-9-3-6-30(18-36)21-39(43(53)54)35-12-15-46-24-35)47(25-31-7-1-4-28(16-31)19-37(41(49)50)33-10-13-44-22-33)26-32-8-2-5-29(17-32)20-38(42(51)52)34-11-14-45-23-34/h1-9,16-18,33-35,37-39,44-46H,10-15,19-27H2,(H,49,50)(H,51,52)(H,53,54)/t33-,34-,35-,37-,38-,39-/m0/s1. The van der Waals surface area contributed by atoms with Crippen molar-refractivity contribution >= 4 is 35.6 Å². The fraction of sp³-hybridized carbons (Fsp3) is 0.488. The number of carbonyl (C=O) groups excluding carboxylic acids is 1. The van der Waals surface area contributed by atoms with Gasteiger partial charge < -0.3 is 36.2 Å². The number of amides is 1. The van der Waals surface area contributed by atoms with Crippen molar-refractivity contribution in [2.45, 2.75) is 56.5 Å². The minimum atomic E-state index is -0.791. The number of hydrogen-bond acceptors (Lipinski definition) is 8. The predicted octanol–water partition coefficient (Wildman–Crippen LogP) is 4.57. The average Bonchev–Trinajstić information content (AvgIpc) is 4.00. The van der Waals surface area contributed by atoms with Gasteiger partial charge in [0.05, 0.1) is 23.5 Å². The van der Waals surface area contributed by atoms with Crippen LogP contribution in [-0.4, -0.2) is 89.1 Å². The molecule has 0 aromatic heterocycles. The molecule has 3 heterocycles. The number of thioether (sulfide) groups is 1. The molecular weight excluding hydrogens is 717 g/mol. The van der Waals surface area contributed by atoms with E-state index in [1.807, 2.05) is 77.7 Å². The van der Waals surface area contributed by atoms with E-state index in [0.29, 0.717) is 52.0 Å². The molecule has 6 rings (SSSR count). The Labute approximate surface area is 327 Å². The third-order valence-corrected chi connectivity index (χ3v) is 12.6. The molecule has 294 valence electrons. The van der Waals surface area contributed by atoms with E-state index in [1.165, 1.54) is 11.8 Å². The van der Waals surface area contributed by atoms with Crippen molar-refractivity contribution in [2.24, 2.45) is 35.5 Å². The van der Waals surface area contributed by atoms with Crippen LogP contribution in [0.3, 0.4) is 0 Å². The second kappa shape index (κ2) is 19.6. The molecule has 3 aliphatic heterocycles. The first kappa shape index (κ1) is 40.4. The summed E-state index contributed by atoms with van der Waals surface area (Å²) in [4.78, 5) is 53.5. The number of carbonyl (C=O) groups is 4. The van der Waals surface area contributed by atoms with E-state index < -0.39 is 35.7 Å². The van der Waals surface area contributed by atoms with Gasteiger partial charge in [-0.2, -0.15) is 0 Å². The highest BCUT2D eigenvalue weighted by atomic mass is 32.2. The number of carboxylic acids is 3. The van der Waals surface area contributed by atoms with Gasteiger partial charge in [-0.15, -0.1) is 11.8 Å². The molecule has 11 nitrogen and oxygen atoms in total. The summed E-state index contributed by atoms with van der Waals surface area (Å²) < 4.78 is 0. The maximum absolute atomic E-state index is 14.2. The zero-order valence-corrected chi connectivity index (χ0v) is 32.1. The van der Waals surface area contributed by atoms with E-state index in [-0.39, 0.29) is 29.4 Å². The number of carboxylic acid groups (broad SMARTS) is 3. The van der Waals surface area contributed by atoms with Crippen LogP contribution in [0.5, 0.6) is 0 Å².